The second kappa shape index (κ2) is 6.76. The summed E-state index contributed by atoms with van der Waals surface area (Å²) >= 11 is 0. The van der Waals surface area contributed by atoms with Crippen molar-refractivity contribution >= 4 is 0 Å². The minimum Gasteiger partial charge on any atom is -0.322 e. The van der Waals surface area contributed by atoms with Crippen molar-refractivity contribution in [2.75, 3.05) is 0 Å². The molecule has 2 nitrogen and oxygen atoms in total. The Labute approximate surface area is 138 Å². The molecule has 0 fully saturated rings. The number of rotatable bonds is 3. The highest BCUT2D eigenvalue weighted by Crippen LogP contribution is 2.35. The Bertz CT molecular complexity index is 767. The van der Waals surface area contributed by atoms with Crippen LogP contribution in [0.15, 0.2) is 0 Å². The molecule has 2 atom stereocenters. The second-order valence-electron chi connectivity index (χ2n) is 5.02. The van der Waals surface area contributed by atoms with Crippen LogP contribution in [0.25, 0.3) is 0 Å². The molecule has 0 saturated carbocycles. The topological polar surface area (TPSA) is 52.0 Å². The van der Waals surface area contributed by atoms with E-state index < -0.39 is 81.4 Å². The van der Waals surface area contributed by atoms with Gasteiger partial charge < -0.3 is 11.5 Å². The van der Waals surface area contributed by atoms with E-state index in [-0.39, 0.29) is 0 Å². The molecule has 0 unspecified atom stereocenters. The van der Waals surface area contributed by atoms with Crippen molar-refractivity contribution in [2.24, 2.45) is 11.5 Å². The lowest BCUT2D eigenvalue weighted by Crippen LogP contribution is -2.31. The predicted octanol–water partition coefficient (Wildman–Crippen LogP) is 3.78. The summed E-state index contributed by atoms with van der Waals surface area (Å²) in [6.07, 6.45) is 0. The summed E-state index contributed by atoms with van der Waals surface area (Å²) in [6.45, 7) is 0. The molecule has 4 N–H and O–H groups in total. The molecule has 0 radical (unpaired) electrons. The zero-order valence-corrected chi connectivity index (χ0v) is 12.1. The van der Waals surface area contributed by atoms with Gasteiger partial charge in [-0.15, -0.1) is 0 Å². The van der Waals surface area contributed by atoms with Gasteiger partial charge in [-0.25, -0.2) is 43.9 Å². The largest absolute Gasteiger partial charge is 0.322 e. The monoisotopic (exact) mass is 392 g/mol. The molecule has 2 aromatic rings. The average Bonchev–Trinajstić information content (AvgIpc) is 2.61. The molecule has 142 valence electrons. The van der Waals surface area contributed by atoms with Crippen LogP contribution in [0.2, 0.25) is 0 Å². The van der Waals surface area contributed by atoms with Crippen molar-refractivity contribution < 1.29 is 43.9 Å². The van der Waals surface area contributed by atoms with E-state index in [1.54, 1.807) is 0 Å². The molecule has 26 heavy (non-hydrogen) atoms. The Morgan fingerprint density at radius 3 is 0.692 bits per heavy atom. The molecule has 2 aromatic carbocycles. The van der Waals surface area contributed by atoms with Gasteiger partial charge in [-0.2, -0.15) is 0 Å². The average molecular weight is 392 g/mol. The van der Waals surface area contributed by atoms with Crippen LogP contribution in [0.4, 0.5) is 43.9 Å². The Hall–Kier alpha value is -2.34. The lowest BCUT2D eigenvalue weighted by molar-refractivity contribution is 0.343. The van der Waals surface area contributed by atoms with Crippen molar-refractivity contribution in [1.29, 1.82) is 0 Å². The van der Waals surface area contributed by atoms with Crippen LogP contribution in [-0.2, 0) is 0 Å². The summed E-state index contributed by atoms with van der Waals surface area (Å²) in [5.41, 5.74) is 6.85. The van der Waals surface area contributed by atoms with E-state index in [1.165, 1.54) is 0 Å². The first kappa shape index (κ1) is 20.0. The maximum Gasteiger partial charge on any atom is 0.200 e. The third-order valence-corrected chi connectivity index (χ3v) is 3.54. The first-order chi connectivity index (χ1) is 11.9. The van der Waals surface area contributed by atoms with Gasteiger partial charge in [0, 0.05) is 11.1 Å². The Balaban J connectivity index is 2.69. The highest BCUT2D eigenvalue weighted by molar-refractivity contribution is 5.33. The lowest BCUT2D eigenvalue weighted by atomic mass is 9.92. The number of hydrogen-bond donors (Lipinski definition) is 2. The fraction of sp³-hybridized carbons (Fsp3) is 0.143. The van der Waals surface area contributed by atoms with Gasteiger partial charge >= 0.3 is 0 Å². The molecular weight excluding hydrogens is 386 g/mol. The smallest absolute Gasteiger partial charge is 0.200 e. The van der Waals surface area contributed by atoms with Crippen molar-refractivity contribution in [3.8, 4) is 0 Å². The van der Waals surface area contributed by atoms with Crippen LogP contribution in [0.5, 0.6) is 0 Å². The third kappa shape index (κ3) is 2.78. The van der Waals surface area contributed by atoms with E-state index in [2.05, 4.69) is 0 Å². The second-order valence-corrected chi connectivity index (χ2v) is 5.02. The van der Waals surface area contributed by atoms with Crippen LogP contribution >= 0.6 is 0 Å². The van der Waals surface area contributed by atoms with Crippen LogP contribution < -0.4 is 11.5 Å². The van der Waals surface area contributed by atoms with E-state index in [0.29, 0.717) is 0 Å². The third-order valence-electron chi connectivity index (χ3n) is 3.54. The molecular formula is C14H6F10N2. The van der Waals surface area contributed by atoms with Gasteiger partial charge in [0.2, 0.25) is 11.6 Å². The molecule has 0 heterocycles. The number of hydrogen-bond acceptors (Lipinski definition) is 2. The summed E-state index contributed by atoms with van der Waals surface area (Å²) < 4.78 is 134. The quantitative estimate of drug-likeness (QED) is 0.475. The summed E-state index contributed by atoms with van der Waals surface area (Å²) in [6, 6.07) is -5.10. The van der Waals surface area contributed by atoms with Gasteiger partial charge in [0.25, 0.3) is 0 Å². The zero-order valence-electron chi connectivity index (χ0n) is 12.1. The van der Waals surface area contributed by atoms with Gasteiger partial charge in [-0.05, 0) is 0 Å². The molecule has 0 aromatic heterocycles. The van der Waals surface area contributed by atoms with E-state index in [9.17, 15) is 43.9 Å². The fourth-order valence-corrected chi connectivity index (χ4v) is 2.19. The highest BCUT2D eigenvalue weighted by Gasteiger charge is 2.36. The molecule has 0 spiro atoms. The Morgan fingerprint density at radius 2 is 0.500 bits per heavy atom. The molecule has 0 aliphatic heterocycles. The van der Waals surface area contributed by atoms with E-state index in [4.69, 9.17) is 11.5 Å². The van der Waals surface area contributed by atoms with Crippen molar-refractivity contribution in [1.82, 2.24) is 0 Å². The van der Waals surface area contributed by atoms with Crippen LogP contribution in [-0.4, -0.2) is 0 Å². The SMILES string of the molecule is N[C@@H](c1c(F)c(F)c(F)c(F)c1F)[C@@H](N)c1c(F)c(F)c(F)c(F)c1F. The van der Waals surface area contributed by atoms with Crippen LogP contribution in [0.3, 0.4) is 0 Å². The summed E-state index contributed by atoms with van der Waals surface area (Å²) in [5.74, 6) is -24.7. The maximum absolute atomic E-state index is 13.7. The minimum atomic E-state index is -2.55. The number of halogens is 10. The highest BCUT2D eigenvalue weighted by atomic mass is 19.2. The van der Waals surface area contributed by atoms with Crippen LogP contribution in [0, 0.1) is 58.2 Å². The lowest BCUT2D eigenvalue weighted by Gasteiger charge is -2.23. The number of nitrogens with two attached hydrogens (primary N) is 2. The molecule has 2 rings (SSSR count). The van der Waals surface area contributed by atoms with E-state index in [1.807, 2.05) is 0 Å². The van der Waals surface area contributed by atoms with Crippen LogP contribution in [0.1, 0.15) is 23.2 Å². The van der Waals surface area contributed by atoms with Gasteiger partial charge in [0.05, 0.1) is 12.1 Å². The molecule has 12 heteroatoms. The van der Waals surface area contributed by atoms with E-state index >= 15 is 0 Å². The Kier molecular flexibility index (Phi) is 5.19. The normalized spacial score (nSPS) is 13.8. The van der Waals surface area contributed by atoms with Gasteiger partial charge in [-0.3, -0.25) is 0 Å². The molecule has 0 aliphatic rings. The fourth-order valence-electron chi connectivity index (χ4n) is 2.19. The maximum atomic E-state index is 13.7. The first-order valence-corrected chi connectivity index (χ1v) is 6.47. The van der Waals surface area contributed by atoms with Crippen molar-refractivity contribution in [3.05, 3.63) is 69.3 Å². The first-order valence-electron chi connectivity index (χ1n) is 6.47. The Morgan fingerprint density at radius 1 is 0.346 bits per heavy atom. The number of benzene rings is 2. The minimum absolute atomic E-state index is 1.78. The summed E-state index contributed by atoms with van der Waals surface area (Å²) in [5, 5.41) is 0. The van der Waals surface area contributed by atoms with Gasteiger partial charge in [0.15, 0.2) is 46.5 Å². The van der Waals surface area contributed by atoms with E-state index in [0.717, 1.165) is 0 Å². The molecule has 0 amide bonds. The zero-order chi connectivity index (χ0) is 20.1. The van der Waals surface area contributed by atoms with Crippen molar-refractivity contribution in [2.45, 2.75) is 12.1 Å². The molecule has 0 saturated heterocycles. The van der Waals surface area contributed by atoms with Gasteiger partial charge in [-0.1, -0.05) is 0 Å². The summed E-state index contributed by atoms with van der Waals surface area (Å²) in [4.78, 5) is 0. The van der Waals surface area contributed by atoms with Gasteiger partial charge in [0.1, 0.15) is 0 Å². The van der Waals surface area contributed by atoms with Crippen molar-refractivity contribution in [3.63, 3.8) is 0 Å². The summed E-state index contributed by atoms with van der Waals surface area (Å²) in [7, 11) is 0. The molecule has 0 bridgehead atoms. The molecule has 0 aliphatic carbocycles. The predicted molar refractivity (Wildman–Crippen MR) is 66.3 cm³/mol. The standard InChI is InChI=1S/C14H6F10N2/c15-3-1(4(16)8(20)11(23)7(3)19)13(25)14(26)2-5(17)9(21)12(24)10(22)6(2)18/h13-14H,25-26H2/t13-,14-/m0/s1.